The molecule has 0 heterocycles. The van der Waals surface area contributed by atoms with Crippen molar-refractivity contribution in [2.75, 3.05) is 13.2 Å². The summed E-state index contributed by atoms with van der Waals surface area (Å²) in [5.41, 5.74) is 0. The Kier molecular flexibility index (Phi) is 39.5. The highest BCUT2D eigenvalue weighted by atomic mass is 16.6. The highest BCUT2D eigenvalue weighted by Gasteiger charge is 2.16. The SMILES string of the molecule is CCCCCCC/C=C\C/C=C\CCCCCCCCCCCCCC(=O)OC(CO)COC(=O)CCCCCCCCCCCCCC. The van der Waals surface area contributed by atoms with Gasteiger partial charge in [0.1, 0.15) is 6.61 Å². The number of unbranched alkanes of at least 4 members (excludes halogenated alkanes) is 27. The zero-order chi connectivity index (χ0) is 35.7. The van der Waals surface area contributed by atoms with Crippen LogP contribution in [0.3, 0.4) is 0 Å². The van der Waals surface area contributed by atoms with E-state index in [1.54, 1.807) is 0 Å². The van der Waals surface area contributed by atoms with Crippen LogP contribution in [0.25, 0.3) is 0 Å². The van der Waals surface area contributed by atoms with Crippen molar-refractivity contribution >= 4 is 11.9 Å². The largest absolute Gasteiger partial charge is 0.462 e. The maximum atomic E-state index is 12.2. The number of carbonyl (C=O) groups excluding carboxylic acids is 2. The Morgan fingerprint density at radius 1 is 0.469 bits per heavy atom. The molecule has 0 aromatic rings. The van der Waals surface area contributed by atoms with E-state index in [-0.39, 0.29) is 25.2 Å². The van der Waals surface area contributed by atoms with Gasteiger partial charge in [-0.15, -0.1) is 0 Å². The number of ether oxygens (including phenoxy) is 2. The van der Waals surface area contributed by atoms with E-state index in [4.69, 9.17) is 9.47 Å². The fourth-order valence-corrected chi connectivity index (χ4v) is 6.23. The zero-order valence-electron chi connectivity index (χ0n) is 32.7. The second kappa shape index (κ2) is 40.8. The summed E-state index contributed by atoms with van der Waals surface area (Å²) in [7, 11) is 0. The van der Waals surface area contributed by atoms with Gasteiger partial charge >= 0.3 is 11.9 Å². The number of aliphatic hydroxyl groups excluding tert-OH is 1. The van der Waals surface area contributed by atoms with Crippen LogP contribution in [-0.4, -0.2) is 36.4 Å². The van der Waals surface area contributed by atoms with E-state index in [9.17, 15) is 14.7 Å². The molecule has 1 atom stereocenters. The summed E-state index contributed by atoms with van der Waals surface area (Å²) in [5, 5.41) is 9.56. The second-order valence-electron chi connectivity index (χ2n) is 14.4. The van der Waals surface area contributed by atoms with Gasteiger partial charge in [0, 0.05) is 12.8 Å². The van der Waals surface area contributed by atoms with Crippen molar-refractivity contribution in [2.45, 2.75) is 232 Å². The summed E-state index contributed by atoms with van der Waals surface area (Å²) in [5.74, 6) is -0.584. The van der Waals surface area contributed by atoms with Crippen molar-refractivity contribution in [1.29, 1.82) is 0 Å². The summed E-state index contributed by atoms with van der Waals surface area (Å²) in [6.07, 6.45) is 48.2. The lowest BCUT2D eigenvalue weighted by Crippen LogP contribution is -2.28. The van der Waals surface area contributed by atoms with Gasteiger partial charge < -0.3 is 14.6 Å². The zero-order valence-corrected chi connectivity index (χ0v) is 32.7. The highest BCUT2D eigenvalue weighted by Crippen LogP contribution is 2.15. The van der Waals surface area contributed by atoms with Gasteiger partial charge in [0.05, 0.1) is 6.61 Å². The minimum Gasteiger partial charge on any atom is -0.462 e. The quantitative estimate of drug-likeness (QED) is 0.0395. The lowest BCUT2D eigenvalue weighted by atomic mass is 10.0. The molecule has 0 aromatic carbocycles. The van der Waals surface area contributed by atoms with Crippen LogP contribution in [0.1, 0.15) is 226 Å². The molecule has 0 aliphatic heterocycles. The van der Waals surface area contributed by atoms with Crippen LogP contribution in [0.5, 0.6) is 0 Å². The molecule has 0 fully saturated rings. The second-order valence-corrected chi connectivity index (χ2v) is 14.4. The topological polar surface area (TPSA) is 72.8 Å². The average Bonchev–Trinajstić information content (AvgIpc) is 3.10. The van der Waals surface area contributed by atoms with E-state index in [2.05, 4.69) is 38.2 Å². The molecule has 5 nitrogen and oxygen atoms in total. The molecule has 1 unspecified atom stereocenters. The summed E-state index contributed by atoms with van der Waals surface area (Å²) >= 11 is 0. The predicted molar refractivity (Wildman–Crippen MR) is 210 cm³/mol. The molecule has 288 valence electrons. The van der Waals surface area contributed by atoms with Crippen LogP contribution in [0.15, 0.2) is 24.3 Å². The van der Waals surface area contributed by atoms with Crippen LogP contribution in [0.4, 0.5) is 0 Å². The fraction of sp³-hybridized carbons (Fsp3) is 0.864. The molecule has 5 heteroatoms. The molecular formula is C44H82O5. The van der Waals surface area contributed by atoms with Crippen molar-refractivity contribution in [2.24, 2.45) is 0 Å². The van der Waals surface area contributed by atoms with Gasteiger partial charge in [-0.2, -0.15) is 0 Å². The third-order valence-corrected chi connectivity index (χ3v) is 9.50. The van der Waals surface area contributed by atoms with Crippen LogP contribution in [-0.2, 0) is 19.1 Å². The van der Waals surface area contributed by atoms with Crippen LogP contribution < -0.4 is 0 Å². The molecule has 1 N–H and O–H groups in total. The normalized spacial score (nSPS) is 12.3. The molecule has 0 radical (unpaired) electrons. The summed E-state index contributed by atoms with van der Waals surface area (Å²) < 4.78 is 10.6. The maximum Gasteiger partial charge on any atom is 0.306 e. The first-order valence-corrected chi connectivity index (χ1v) is 21.4. The standard InChI is InChI=1S/C44H82O5/c1-3-5-7-9-11-13-15-17-18-19-20-21-22-23-24-25-26-27-29-31-33-35-37-39-44(47)49-42(40-45)41-48-43(46)38-36-34-32-30-28-16-14-12-10-8-6-4-2/h15,17,19-20,42,45H,3-14,16,18,21-41H2,1-2H3/b17-15-,20-19-. The smallest absolute Gasteiger partial charge is 0.306 e. The van der Waals surface area contributed by atoms with Crippen molar-refractivity contribution < 1.29 is 24.2 Å². The molecule has 0 spiro atoms. The maximum absolute atomic E-state index is 12.2. The molecule has 0 saturated heterocycles. The van der Waals surface area contributed by atoms with Crippen LogP contribution >= 0.6 is 0 Å². The number of hydrogen-bond acceptors (Lipinski definition) is 5. The molecule has 0 aromatic heterocycles. The van der Waals surface area contributed by atoms with Gasteiger partial charge in [0.15, 0.2) is 6.10 Å². The predicted octanol–water partition coefficient (Wildman–Crippen LogP) is 13.5. The number of allylic oxidation sites excluding steroid dienone is 4. The molecule has 0 bridgehead atoms. The van der Waals surface area contributed by atoms with Crippen molar-refractivity contribution in [3.63, 3.8) is 0 Å². The van der Waals surface area contributed by atoms with Gasteiger partial charge in [-0.1, -0.05) is 192 Å². The van der Waals surface area contributed by atoms with Gasteiger partial charge in [-0.25, -0.2) is 0 Å². The van der Waals surface area contributed by atoms with Gasteiger partial charge in [-0.3, -0.25) is 9.59 Å². The Hall–Kier alpha value is -1.62. The fourth-order valence-electron chi connectivity index (χ4n) is 6.23. The lowest BCUT2D eigenvalue weighted by molar-refractivity contribution is -0.161. The molecule has 0 aliphatic carbocycles. The monoisotopic (exact) mass is 691 g/mol. The Bertz CT molecular complexity index is 746. The van der Waals surface area contributed by atoms with E-state index in [1.807, 2.05) is 0 Å². The van der Waals surface area contributed by atoms with E-state index >= 15 is 0 Å². The molecule has 0 amide bonds. The van der Waals surface area contributed by atoms with Gasteiger partial charge in [0.25, 0.3) is 0 Å². The van der Waals surface area contributed by atoms with Crippen LogP contribution in [0, 0.1) is 0 Å². The number of rotatable bonds is 39. The Labute approximate surface area is 304 Å². The first-order chi connectivity index (χ1) is 24.1. The number of esters is 2. The number of carbonyl (C=O) groups is 2. The number of aliphatic hydroxyl groups is 1. The average molecular weight is 691 g/mol. The van der Waals surface area contributed by atoms with Crippen LogP contribution in [0.2, 0.25) is 0 Å². The van der Waals surface area contributed by atoms with Crippen molar-refractivity contribution in [3.8, 4) is 0 Å². The molecule has 0 aliphatic rings. The Morgan fingerprint density at radius 3 is 1.20 bits per heavy atom. The summed E-state index contributed by atoms with van der Waals surface area (Å²) in [4.78, 5) is 24.3. The van der Waals surface area contributed by atoms with Crippen molar-refractivity contribution in [3.05, 3.63) is 24.3 Å². The van der Waals surface area contributed by atoms with E-state index < -0.39 is 6.10 Å². The summed E-state index contributed by atoms with van der Waals surface area (Å²) in [6, 6.07) is 0. The lowest BCUT2D eigenvalue weighted by Gasteiger charge is -2.15. The minimum atomic E-state index is -0.767. The van der Waals surface area contributed by atoms with Gasteiger partial charge in [-0.05, 0) is 44.9 Å². The molecule has 49 heavy (non-hydrogen) atoms. The third-order valence-electron chi connectivity index (χ3n) is 9.50. The molecule has 0 rings (SSSR count). The number of hydrogen-bond donors (Lipinski definition) is 1. The summed E-state index contributed by atoms with van der Waals surface area (Å²) in [6.45, 7) is 4.14. The first-order valence-electron chi connectivity index (χ1n) is 21.4. The van der Waals surface area contributed by atoms with E-state index in [0.717, 1.165) is 44.9 Å². The minimum absolute atomic E-state index is 0.0619. The first kappa shape index (κ1) is 47.4. The van der Waals surface area contributed by atoms with Crippen molar-refractivity contribution in [1.82, 2.24) is 0 Å². The molecular weight excluding hydrogens is 608 g/mol. The molecule has 0 saturated carbocycles. The van der Waals surface area contributed by atoms with Gasteiger partial charge in [0.2, 0.25) is 0 Å². The highest BCUT2D eigenvalue weighted by molar-refractivity contribution is 5.70. The Morgan fingerprint density at radius 2 is 0.816 bits per heavy atom. The van der Waals surface area contributed by atoms with E-state index in [0.29, 0.717) is 12.8 Å². The Balaban J connectivity index is 3.49. The third kappa shape index (κ3) is 39.0. The van der Waals surface area contributed by atoms with E-state index in [1.165, 1.54) is 154 Å².